The molecule has 0 bridgehead atoms. The van der Waals surface area contributed by atoms with E-state index in [1.807, 2.05) is 36.0 Å². The summed E-state index contributed by atoms with van der Waals surface area (Å²) in [4.78, 5) is 6.74. The first kappa shape index (κ1) is 9.33. The van der Waals surface area contributed by atoms with Crippen LogP contribution in [0.15, 0.2) is 30.6 Å². The number of hydrogen-bond donors (Lipinski definition) is 0. The molecule has 0 radical (unpaired) electrons. The van der Waals surface area contributed by atoms with E-state index in [-0.39, 0.29) is 0 Å². The molecule has 0 saturated carbocycles. The van der Waals surface area contributed by atoms with Crippen LogP contribution in [0.2, 0.25) is 0 Å². The maximum absolute atomic E-state index is 4.49. The molecule has 5 nitrogen and oxygen atoms in total. The molecule has 0 aromatic carbocycles. The van der Waals surface area contributed by atoms with Crippen molar-refractivity contribution in [1.82, 2.24) is 20.0 Å². The molecule has 1 aliphatic heterocycles. The van der Waals surface area contributed by atoms with Crippen molar-refractivity contribution >= 4 is 5.82 Å². The second-order valence-corrected chi connectivity index (χ2v) is 4.08. The smallest absolute Gasteiger partial charge is 0.128 e. The first-order valence-electron chi connectivity index (χ1n) is 5.37. The van der Waals surface area contributed by atoms with Crippen molar-refractivity contribution in [3.63, 3.8) is 0 Å². The molecular formula is C11H13N5. The summed E-state index contributed by atoms with van der Waals surface area (Å²) in [5, 5.41) is 7.82. The summed E-state index contributed by atoms with van der Waals surface area (Å²) in [6.45, 7) is 3.93. The highest BCUT2D eigenvalue weighted by atomic mass is 15.5. The van der Waals surface area contributed by atoms with E-state index in [4.69, 9.17) is 0 Å². The quantitative estimate of drug-likeness (QED) is 0.751. The van der Waals surface area contributed by atoms with E-state index in [1.165, 1.54) is 0 Å². The maximum Gasteiger partial charge on any atom is 0.128 e. The van der Waals surface area contributed by atoms with Crippen molar-refractivity contribution in [2.45, 2.75) is 13.0 Å². The first-order chi connectivity index (χ1) is 7.83. The Bertz CT molecular complexity index is 473. The zero-order valence-electron chi connectivity index (χ0n) is 9.11. The molecule has 0 amide bonds. The molecule has 1 aliphatic rings. The number of rotatable bonds is 2. The fourth-order valence-electron chi connectivity index (χ4n) is 1.93. The van der Waals surface area contributed by atoms with Crippen molar-refractivity contribution in [2.75, 3.05) is 18.0 Å². The van der Waals surface area contributed by atoms with Crippen LogP contribution in [0.4, 0.5) is 5.82 Å². The van der Waals surface area contributed by atoms with Gasteiger partial charge >= 0.3 is 0 Å². The van der Waals surface area contributed by atoms with Gasteiger partial charge in [-0.05, 0) is 19.1 Å². The van der Waals surface area contributed by atoms with Crippen LogP contribution in [0.25, 0.3) is 0 Å². The van der Waals surface area contributed by atoms with Crippen molar-refractivity contribution in [2.24, 2.45) is 0 Å². The van der Waals surface area contributed by atoms with Crippen molar-refractivity contribution in [3.8, 4) is 0 Å². The van der Waals surface area contributed by atoms with E-state index in [2.05, 4.69) is 20.2 Å². The van der Waals surface area contributed by atoms with Gasteiger partial charge in [-0.3, -0.25) is 0 Å². The summed E-state index contributed by atoms with van der Waals surface area (Å²) in [7, 11) is 0. The number of aromatic nitrogens is 4. The topological polar surface area (TPSA) is 46.8 Å². The fraction of sp³-hybridized carbons (Fsp3) is 0.364. The van der Waals surface area contributed by atoms with Gasteiger partial charge in [-0.15, -0.1) is 5.10 Å². The number of anilines is 1. The molecule has 1 saturated heterocycles. The number of aryl methyl sites for hydroxylation is 1. The Morgan fingerprint density at radius 1 is 1.31 bits per heavy atom. The first-order valence-corrected chi connectivity index (χ1v) is 5.37. The Balaban J connectivity index is 1.69. The van der Waals surface area contributed by atoms with Crippen LogP contribution < -0.4 is 4.90 Å². The molecule has 0 N–H and O–H groups in total. The minimum atomic E-state index is 0.435. The minimum absolute atomic E-state index is 0.435. The largest absolute Gasteiger partial charge is 0.352 e. The van der Waals surface area contributed by atoms with Crippen LogP contribution >= 0.6 is 0 Å². The van der Waals surface area contributed by atoms with Crippen LogP contribution in [0.3, 0.4) is 0 Å². The summed E-state index contributed by atoms with van der Waals surface area (Å²) >= 11 is 0. The molecule has 16 heavy (non-hydrogen) atoms. The molecule has 5 heteroatoms. The van der Waals surface area contributed by atoms with E-state index in [9.17, 15) is 0 Å². The van der Waals surface area contributed by atoms with E-state index >= 15 is 0 Å². The lowest BCUT2D eigenvalue weighted by Gasteiger charge is -2.39. The van der Waals surface area contributed by atoms with Gasteiger partial charge in [-0.25, -0.2) is 9.67 Å². The van der Waals surface area contributed by atoms with E-state index in [0.29, 0.717) is 6.04 Å². The maximum atomic E-state index is 4.49. The fourth-order valence-corrected chi connectivity index (χ4v) is 1.93. The van der Waals surface area contributed by atoms with Gasteiger partial charge < -0.3 is 4.90 Å². The molecule has 0 aliphatic carbocycles. The molecule has 3 rings (SSSR count). The van der Waals surface area contributed by atoms with Gasteiger partial charge in [0.05, 0.1) is 12.2 Å². The molecule has 82 valence electrons. The Labute approximate surface area is 93.7 Å². The third kappa shape index (κ3) is 1.54. The standard InChI is InChI=1S/C11H13N5/c1-9-3-2-4-11(13-9)15-7-10(8-15)16-6-5-12-14-16/h2-6,10H,7-8H2,1H3. The molecule has 1 fully saturated rings. The summed E-state index contributed by atoms with van der Waals surface area (Å²) in [6.07, 6.45) is 3.62. The second kappa shape index (κ2) is 3.59. The van der Waals surface area contributed by atoms with Gasteiger partial charge in [-0.1, -0.05) is 11.3 Å². The Morgan fingerprint density at radius 3 is 2.88 bits per heavy atom. The summed E-state index contributed by atoms with van der Waals surface area (Å²) in [5.41, 5.74) is 1.06. The zero-order chi connectivity index (χ0) is 11.0. The molecule has 0 spiro atoms. The molecule has 2 aromatic heterocycles. The monoisotopic (exact) mass is 215 g/mol. The van der Waals surface area contributed by atoms with Crippen LogP contribution in [0.1, 0.15) is 11.7 Å². The van der Waals surface area contributed by atoms with Crippen LogP contribution in [0, 0.1) is 6.92 Å². The predicted molar refractivity (Wildman–Crippen MR) is 60.2 cm³/mol. The summed E-state index contributed by atoms with van der Waals surface area (Å²) in [5.74, 6) is 1.05. The summed E-state index contributed by atoms with van der Waals surface area (Å²) < 4.78 is 1.91. The number of nitrogens with zero attached hydrogens (tertiary/aromatic N) is 5. The van der Waals surface area contributed by atoms with Crippen LogP contribution in [0.5, 0.6) is 0 Å². The zero-order valence-corrected chi connectivity index (χ0v) is 9.11. The highest BCUT2D eigenvalue weighted by Crippen LogP contribution is 2.25. The normalized spacial score (nSPS) is 16.2. The van der Waals surface area contributed by atoms with Crippen LogP contribution in [-0.2, 0) is 0 Å². The van der Waals surface area contributed by atoms with Gasteiger partial charge in [-0.2, -0.15) is 0 Å². The Morgan fingerprint density at radius 2 is 2.19 bits per heavy atom. The number of hydrogen-bond acceptors (Lipinski definition) is 4. The lowest BCUT2D eigenvalue weighted by atomic mass is 10.1. The highest BCUT2D eigenvalue weighted by Gasteiger charge is 2.29. The third-order valence-electron chi connectivity index (χ3n) is 2.87. The average Bonchev–Trinajstić information content (AvgIpc) is 2.69. The Hall–Kier alpha value is -1.91. The van der Waals surface area contributed by atoms with Crippen molar-refractivity contribution in [3.05, 3.63) is 36.3 Å². The highest BCUT2D eigenvalue weighted by molar-refractivity contribution is 5.42. The van der Waals surface area contributed by atoms with Crippen LogP contribution in [-0.4, -0.2) is 33.1 Å². The number of pyridine rings is 1. The predicted octanol–water partition coefficient (Wildman–Crippen LogP) is 1.04. The van der Waals surface area contributed by atoms with E-state index in [1.54, 1.807) is 6.20 Å². The van der Waals surface area contributed by atoms with Gasteiger partial charge in [0.2, 0.25) is 0 Å². The van der Waals surface area contributed by atoms with Gasteiger partial charge in [0, 0.05) is 25.0 Å². The van der Waals surface area contributed by atoms with Crippen molar-refractivity contribution in [1.29, 1.82) is 0 Å². The SMILES string of the molecule is Cc1cccc(N2CC(n3ccnn3)C2)n1. The molecular weight excluding hydrogens is 202 g/mol. The van der Waals surface area contributed by atoms with Gasteiger partial charge in [0.15, 0.2) is 0 Å². The molecule has 3 heterocycles. The summed E-state index contributed by atoms with van der Waals surface area (Å²) in [6, 6.07) is 6.54. The minimum Gasteiger partial charge on any atom is -0.352 e. The molecule has 2 aromatic rings. The molecule has 0 unspecified atom stereocenters. The second-order valence-electron chi connectivity index (χ2n) is 4.08. The third-order valence-corrected chi connectivity index (χ3v) is 2.87. The molecule has 0 atom stereocenters. The van der Waals surface area contributed by atoms with Gasteiger partial charge in [0.1, 0.15) is 5.82 Å². The Kier molecular flexibility index (Phi) is 2.09. The van der Waals surface area contributed by atoms with Gasteiger partial charge in [0.25, 0.3) is 0 Å². The lowest BCUT2D eigenvalue weighted by Crippen LogP contribution is -2.48. The lowest BCUT2D eigenvalue weighted by molar-refractivity contribution is 0.359. The van der Waals surface area contributed by atoms with E-state index in [0.717, 1.165) is 24.6 Å². The van der Waals surface area contributed by atoms with E-state index < -0.39 is 0 Å². The average molecular weight is 215 g/mol. The van der Waals surface area contributed by atoms with Crippen molar-refractivity contribution < 1.29 is 0 Å².